The van der Waals surface area contributed by atoms with E-state index in [1.165, 1.54) is 0 Å². The van der Waals surface area contributed by atoms with Gasteiger partial charge < -0.3 is 2.85 Å². The van der Waals surface area contributed by atoms with Gasteiger partial charge in [0.05, 0.1) is 0 Å². The predicted octanol–water partition coefficient (Wildman–Crippen LogP) is -1.35. The van der Waals surface area contributed by atoms with Gasteiger partial charge in [-0.15, -0.1) is 0 Å². The van der Waals surface area contributed by atoms with Crippen LogP contribution in [0.2, 0.25) is 0 Å². The topological polar surface area (TPSA) is 0 Å². The van der Waals surface area contributed by atoms with Crippen LogP contribution in [0.15, 0.2) is 0 Å². The van der Waals surface area contributed by atoms with Gasteiger partial charge in [-0.3, -0.25) is 0 Å². The van der Waals surface area contributed by atoms with Crippen LogP contribution in [0.25, 0.3) is 0 Å². The Balaban J connectivity index is 0. The molecule has 31 valence electrons. The van der Waals surface area contributed by atoms with Gasteiger partial charge >= 0.3 is 23.1 Å². The van der Waals surface area contributed by atoms with Crippen molar-refractivity contribution >= 4 is 34.0 Å². The fourth-order valence-corrected chi connectivity index (χ4v) is 0. The van der Waals surface area contributed by atoms with Crippen LogP contribution in [0.5, 0.6) is 0 Å². The SMILES string of the molecule is [Cr].[Fe].[H-].[H-].[Mg+2].[Mo].[SiH3]. The van der Waals surface area contributed by atoms with E-state index in [0.29, 0.717) is 0 Å². The van der Waals surface area contributed by atoms with E-state index in [1.807, 2.05) is 0 Å². The molecule has 0 rings (SSSR count). The number of hydrogen-bond donors (Lipinski definition) is 0. The van der Waals surface area contributed by atoms with Crippen LogP contribution >= 0.6 is 0 Å². The summed E-state index contributed by atoms with van der Waals surface area (Å²) in [6.07, 6.45) is 0. The van der Waals surface area contributed by atoms with Crippen LogP contribution in [-0.2, 0) is 55.5 Å². The van der Waals surface area contributed by atoms with Gasteiger partial charge in [-0.25, -0.2) is 0 Å². The van der Waals surface area contributed by atoms with Crippen LogP contribution in [0.4, 0.5) is 0 Å². The maximum atomic E-state index is 0. The summed E-state index contributed by atoms with van der Waals surface area (Å²) < 4.78 is 0. The Morgan fingerprint density at radius 1 is 1.20 bits per heavy atom. The van der Waals surface area contributed by atoms with E-state index < -0.39 is 0 Å². The fraction of sp³-hybridized carbons (Fsp3) is 0. The van der Waals surface area contributed by atoms with Crippen molar-refractivity contribution in [2.75, 3.05) is 0 Å². The molecule has 0 heterocycles. The van der Waals surface area contributed by atoms with E-state index >= 15 is 0 Å². The fourth-order valence-electron chi connectivity index (χ4n) is 0. The van der Waals surface area contributed by atoms with Crippen LogP contribution in [0, 0.1) is 0 Å². The molecule has 0 aliphatic rings. The molecular formula is H5CrFeMgMoSi. The molecule has 0 unspecified atom stereocenters. The zero-order valence-electron chi connectivity index (χ0n) is 4.88. The molecule has 0 aromatic rings. The van der Waals surface area contributed by atoms with E-state index in [9.17, 15) is 0 Å². The van der Waals surface area contributed by atoms with Gasteiger partial charge in [0.2, 0.25) is 0 Å². The zero-order chi connectivity index (χ0) is 0. The molecule has 5 heavy (non-hydrogen) atoms. The molecule has 0 spiro atoms. The molecule has 0 saturated carbocycles. The largest absolute Gasteiger partial charge is 2.00 e. The van der Waals surface area contributed by atoms with E-state index in [-0.39, 0.29) is 92.4 Å². The van der Waals surface area contributed by atoms with Gasteiger partial charge in [-0.05, 0) is 11.0 Å². The molecule has 0 bridgehead atoms. The van der Waals surface area contributed by atoms with E-state index in [0.717, 1.165) is 0 Å². The Hall–Kier alpha value is 2.72. The van der Waals surface area contributed by atoms with E-state index in [4.69, 9.17) is 0 Å². The average molecular weight is 261 g/mol. The molecule has 5 heteroatoms. The van der Waals surface area contributed by atoms with Crippen molar-refractivity contribution in [1.29, 1.82) is 0 Å². The summed E-state index contributed by atoms with van der Waals surface area (Å²) in [5.41, 5.74) is 0. The van der Waals surface area contributed by atoms with E-state index in [2.05, 4.69) is 0 Å². The first kappa shape index (κ1) is 47.1. The third-order valence-electron chi connectivity index (χ3n) is 0. The maximum Gasteiger partial charge on any atom is 2.00 e. The second-order valence-electron chi connectivity index (χ2n) is 0. The molecule has 0 fully saturated rings. The minimum atomic E-state index is 0. The molecule has 0 nitrogen and oxygen atoms in total. The molecule has 1 radical (unpaired) electrons. The normalized spacial score (nSPS) is 0. The van der Waals surface area contributed by atoms with Crippen molar-refractivity contribution in [3.63, 3.8) is 0 Å². The van der Waals surface area contributed by atoms with Gasteiger partial charge in [-0.1, -0.05) is 0 Å². The number of hydrogen-bond acceptors (Lipinski definition) is 0. The van der Waals surface area contributed by atoms with Gasteiger partial charge in [0.25, 0.3) is 0 Å². The van der Waals surface area contributed by atoms with E-state index in [1.54, 1.807) is 0 Å². The number of rotatable bonds is 0. The molecular weight excluding hydrogens is 256 g/mol. The molecule has 0 amide bonds. The van der Waals surface area contributed by atoms with Crippen LogP contribution < -0.4 is 0 Å². The first-order valence-corrected chi connectivity index (χ1v) is 0. The van der Waals surface area contributed by atoms with Crippen molar-refractivity contribution < 1.29 is 58.3 Å². The summed E-state index contributed by atoms with van der Waals surface area (Å²) in [5, 5.41) is 0. The van der Waals surface area contributed by atoms with Crippen molar-refractivity contribution in [3.8, 4) is 0 Å². The second-order valence-corrected chi connectivity index (χ2v) is 0. The predicted molar refractivity (Wildman–Crippen MR) is 17.9 cm³/mol. The van der Waals surface area contributed by atoms with Gasteiger partial charge in [0.1, 0.15) is 0 Å². The molecule has 0 aliphatic heterocycles. The Morgan fingerprint density at radius 2 is 1.20 bits per heavy atom. The van der Waals surface area contributed by atoms with Crippen molar-refractivity contribution in [2.24, 2.45) is 0 Å². The summed E-state index contributed by atoms with van der Waals surface area (Å²) in [6, 6.07) is 0. The quantitative estimate of drug-likeness (QED) is 0.473. The third kappa shape index (κ3) is 20.2. The summed E-state index contributed by atoms with van der Waals surface area (Å²) >= 11 is 0. The average Bonchev–Trinajstić information content (AvgIpc) is 0. The Morgan fingerprint density at radius 3 is 1.20 bits per heavy atom. The zero-order valence-corrected chi connectivity index (χ0v) is 10.7. The summed E-state index contributed by atoms with van der Waals surface area (Å²) in [7, 11) is 0. The monoisotopic (exact) mass is 263 g/mol. The van der Waals surface area contributed by atoms with Crippen molar-refractivity contribution in [3.05, 3.63) is 0 Å². The molecule has 0 aliphatic carbocycles. The first-order valence-electron chi connectivity index (χ1n) is 0. The Labute approximate surface area is 91.2 Å². The summed E-state index contributed by atoms with van der Waals surface area (Å²) in [6.45, 7) is 0. The molecule has 0 aromatic heterocycles. The molecule has 0 aromatic carbocycles. The van der Waals surface area contributed by atoms with Gasteiger partial charge in [0.15, 0.2) is 0 Å². The first-order chi connectivity index (χ1) is 0. The minimum Gasteiger partial charge on any atom is -1.00 e. The maximum absolute atomic E-state index is 0. The molecule has 0 atom stereocenters. The van der Waals surface area contributed by atoms with Crippen LogP contribution in [0.3, 0.4) is 0 Å². The molecule has 0 saturated heterocycles. The standard InChI is InChI=1S/Cr.Fe.Mg.Mo.H3Si.2H/h;;;;1H3;;/q;;+2;;;2*-1. The van der Waals surface area contributed by atoms with Gasteiger partial charge in [0, 0.05) is 55.5 Å². The van der Waals surface area contributed by atoms with Gasteiger partial charge in [-0.2, -0.15) is 0 Å². The summed E-state index contributed by atoms with van der Waals surface area (Å²) in [4.78, 5) is 0. The third-order valence-corrected chi connectivity index (χ3v) is 0. The van der Waals surface area contributed by atoms with Crippen LogP contribution in [0.1, 0.15) is 2.85 Å². The second kappa shape index (κ2) is 29.7. The van der Waals surface area contributed by atoms with Crippen molar-refractivity contribution in [1.82, 2.24) is 0 Å². The minimum absolute atomic E-state index is 0. The Bertz CT molecular complexity index is 17.7. The van der Waals surface area contributed by atoms with Crippen LogP contribution in [-0.4, -0.2) is 34.0 Å². The van der Waals surface area contributed by atoms with Crippen molar-refractivity contribution in [2.45, 2.75) is 0 Å². The smallest absolute Gasteiger partial charge is 1.00 e. The summed E-state index contributed by atoms with van der Waals surface area (Å²) in [5.74, 6) is 0. The molecule has 0 N–H and O–H groups in total. The Kier molecular flexibility index (Phi) is 280.